The lowest BCUT2D eigenvalue weighted by molar-refractivity contribution is 0.369. The molecule has 6 heteroatoms. The van der Waals surface area contributed by atoms with Crippen molar-refractivity contribution in [1.82, 2.24) is 10.3 Å². The van der Waals surface area contributed by atoms with E-state index in [1.54, 1.807) is 13.2 Å². The molecule has 172 valence electrons. The first-order valence-electron chi connectivity index (χ1n) is 11.0. The summed E-state index contributed by atoms with van der Waals surface area (Å²) in [6.45, 7) is 2.29. The van der Waals surface area contributed by atoms with Gasteiger partial charge in [0, 0.05) is 35.9 Å². The number of aromatic hydroxyl groups is 1. The number of halogens is 1. The molecular weight excluding hydrogens is 434 g/mol. The van der Waals surface area contributed by atoms with Crippen LogP contribution >= 0.6 is 12.4 Å². The van der Waals surface area contributed by atoms with Crippen LogP contribution in [0.5, 0.6) is 11.5 Å². The minimum atomic E-state index is 0. The number of hydrogen-bond donors (Lipinski definition) is 3. The molecule has 4 aromatic rings. The Balaban J connectivity index is 0.00000306. The van der Waals surface area contributed by atoms with Gasteiger partial charge in [-0.15, -0.1) is 12.4 Å². The lowest BCUT2D eigenvalue weighted by atomic mass is 10.0. The monoisotopic (exact) mass is 463 g/mol. The van der Waals surface area contributed by atoms with Gasteiger partial charge in [0.2, 0.25) is 0 Å². The van der Waals surface area contributed by atoms with Crippen molar-refractivity contribution in [1.29, 1.82) is 0 Å². The number of aromatic nitrogens is 1. The van der Waals surface area contributed by atoms with E-state index >= 15 is 0 Å². The molecule has 0 saturated heterocycles. The Bertz CT molecular complexity index is 1170. The highest BCUT2D eigenvalue weighted by Crippen LogP contribution is 2.29. The number of fused-ring (bicyclic) bond motifs is 1. The molecule has 0 fully saturated rings. The molecule has 0 amide bonds. The first kappa shape index (κ1) is 24.4. The maximum atomic E-state index is 10.2. The Morgan fingerprint density at radius 2 is 1.76 bits per heavy atom. The van der Waals surface area contributed by atoms with Crippen molar-refractivity contribution in [3.63, 3.8) is 0 Å². The third kappa shape index (κ3) is 6.37. The van der Waals surface area contributed by atoms with E-state index in [4.69, 9.17) is 4.74 Å². The zero-order valence-electron chi connectivity index (χ0n) is 18.8. The van der Waals surface area contributed by atoms with Gasteiger partial charge in [0.25, 0.3) is 0 Å². The van der Waals surface area contributed by atoms with Crippen LogP contribution in [0.1, 0.15) is 23.1 Å². The van der Waals surface area contributed by atoms with E-state index in [9.17, 15) is 5.11 Å². The molecule has 0 radical (unpaired) electrons. The number of nitrogens with one attached hydrogen (secondary N) is 2. The first-order chi connectivity index (χ1) is 15.7. The molecule has 1 heterocycles. The fourth-order valence-corrected chi connectivity index (χ4v) is 3.82. The van der Waals surface area contributed by atoms with Crippen LogP contribution in [0.15, 0.2) is 79.0 Å². The molecule has 0 saturated carbocycles. The summed E-state index contributed by atoms with van der Waals surface area (Å²) in [6.07, 6.45) is 3.73. The number of hydrogen-bond acceptors (Lipinski definition) is 5. The topological polar surface area (TPSA) is 66.4 Å². The van der Waals surface area contributed by atoms with Crippen molar-refractivity contribution in [3.8, 4) is 11.5 Å². The SMILES string of the molecule is COc1cccc(CNCCCNc2ccnc3cc(Cc4ccccc4)ccc23)c1O.Cl. The second kappa shape index (κ2) is 12.1. The summed E-state index contributed by atoms with van der Waals surface area (Å²) in [6, 6.07) is 24.6. The molecule has 0 aliphatic carbocycles. The van der Waals surface area contributed by atoms with Gasteiger partial charge in [0.1, 0.15) is 0 Å². The first-order valence-corrected chi connectivity index (χ1v) is 11.0. The van der Waals surface area contributed by atoms with Crippen LogP contribution < -0.4 is 15.4 Å². The smallest absolute Gasteiger partial charge is 0.162 e. The molecule has 0 spiro atoms. The zero-order valence-corrected chi connectivity index (χ0v) is 19.6. The minimum absolute atomic E-state index is 0. The third-order valence-corrected chi connectivity index (χ3v) is 5.52. The Hall–Kier alpha value is -3.28. The molecule has 3 N–H and O–H groups in total. The number of phenolic OH excluding ortho intramolecular Hbond substituents is 1. The van der Waals surface area contributed by atoms with Crippen LogP contribution in [-0.4, -0.2) is 30.3 Å². The molecule has 4 rings (SSSR count). The Kier molecular flexibility index (Phi) is 8.93. The summed E-state index contributed by atoms with van der Waals surface area (Å²) in [5.41, 5.74) is 5.51. The largest absolute Gasteiger partial charge is 0.504 e. The van der Waals surface area contributed by atoms with Crippen molar-refractivity contribution in [2.75, 3.05) is 25.5 Å². The average molecular weight is 464 g/mol. The molecule has 0 aliphatic rings. The van der Waals surface area contributed by atoms with Gasteiger partial charge in [-0.2, -0.15) is 0 Å². The van der Waals surface area contributed by atoms with Crippen molar-refractivity contribution >= 4 is 29.0 Å². The summed E-state index contributed by atoms with van der Waals surface area (Å²) in [5, 5.41) is 18.2. The number of ether oxygens (including phenoxy) is 1. The Morgan fingerprint density at radius 1 is 0.909 bits per heavy atom. The molecule has 33 heavy (non-hydrogen) atoms. The van der Waals surface area contributed by atoms with Crippen LogP contribution in [0.2, 0.25) is 0 Å². The third-order valence-electron chi connectivity index (χ3n) is 5.52. The fraction of sp³-hybridized carbons (Fsp3) is 0.222. The highest BCUT2D eigenvalue weighted by molar-refractivity contribution is 5.91. The van der Waals surface area contributed by atoms with Gasteiger partial charge >= 0.3 is 0 Å². The van der Waals surface area contributed by atoms with Gasteiger partial charge in [0.05, 0.1) is 12.6 Å². The number of methoxy groups -OCH3 is 1. The molecule has 1 aromatic heterocycles. The zero-order chi connectivity index (χ0) is 22.2. The molecule has 0 unspecified atom stereocenters. The second-order valence-electron chi connectivity index (χ2n) is 7.80. The van der Waals surface area contributed by atoms with Crippen molar-refractivity contribution < 1.29 is 9.84 Å². The maximum absolute atomic E-state index is 10.2. The van der Waals surface area contributed by atoms with Gasteiger partial charge < -0.3 is 20.5 Å². The van der Waals surface area contributed by atoms with Gasteiger partial charge in [-0.25, -0.2) is 0 Å². The van der Waals surface area contributed by atoms with E-state index in [0.29, 0.717) is 12.3 Å². The second-order valence-corrected chi connectivity index (χ2v) is 7.80. The number of nitrogens with zero attached hydrogens (tertiary/aromatic N) is 1. The minimum Gasteiger partial charge on any atom is -0.504 e. The summed E-state index contributed by atoms with van der Waals surface area (Å²) in [4.78, 5) is 4.57. The lowest BCUT2D eigenvalue weighted by Gasteiger charge is -2.12. The lowest BCUT2D eigenvalue weighted by Crippen LogP contribution is -2.17. The highest BCUT2D eigenvalue weighted by atomic mass is 35.5. The molecule has 0 aliphatic heterocycles. The molecular formula is C27H30ClN3O2. The van der Waals surface area contributed by atoms with E-state index < -0.39 is 0 Å². The maximum Gasteiger partial charge on any atom is 0.162 e. The number of para-hydroxylation sites is 1. The quantitative estimate of drug-likeness (QED) is 0.269. The fourth-order valence-electron chi connectivity index (χ4n) is 3.82. The van der Waals surface area contributed by atoms with Gasteiger partial charge in [-0.1, -0.05) is 54.6 Å². The van der Waals surface area contributed by atoms with E-state index in [0.717, 1.165) is 48.1 Å². The predicted molar refractivity (Wildman–Crippen MR) is 138 cm³/mol. The standard InChI is InChI=1S/C27H29N3O2.ClH/c1-32-26-10-5-9-22(27(26)31)19-28-14-6-15-29-24-13-16-30-25-18-21(11-12-23(24)25)17-20-7-3-2-4-8-20;/h2-5,7-13,16,18,28,31H,6,14-15,17,19H2,1H3,(H,29,30);1H. The van der Waals surface area contributed by atoms with Gasteiger partial charge in [0.15, 0.2) is 11.5 Å². The Morgan fingerprint density at radius 3 is 2.58 bits per heavy atom. The number of rotatable bonds is 10. The van der Waals surface area contributed by atoms with E-state index in [2.05, 4.69) is 58.1 Å². The molecule has 0 bridgehead atoms. The van der Waals surface area contributed by atoms with Crippen LogP contribution in [0.3, 0.4) is 0 Å². The van der Waals surface area contributed by atoms with E-state index in [-0.39, 0.29) is 18.2 Å². The van der Waals surface area contributed by atoms with Crippen LogP contribution in [0.25, 0.3) is 10.9 Å². The van der Waals surface area contributed by atoms with Crippen molar-refractivity contribution in [2.45, 2.75) is 19.4 Å². The number of anilines is 1. The molecule has 3 aromatic carbocycles. The number of benzene rings is 3. The van der Waals surface area contributed by atoms with E-state index in [1.807, 2.05) is 30.5 Å². The average Bonchev–Trinajstić information content (AvgIpc) is 2.83. The normalized spacial score (nSPS) is 10.6. The summed E-state index contributed by atoms with van der Waals surface area (Å²) >= 11 is 0. The summed E-state index contributed by atoms with van der Waals surface area (Å²) in [5.74, 6) is 0.706. The summed E-state index contributed by atoms with van der Waals surface area (Å²) in [7, 11) is 1.56. The van der Waals surface area contributed by atoms with Gasteiger partial charge in [-0.05, 0) is 48.7 Å². The highest BCUT2D eigenvalue weighted by Gasteiger charge is 2.07. The molecule has 0 atom stereocenters. The van der Waals surface area contributed by atoms with Crippen LogP contribution in [0.4, 0.5) is 5.69 Å². The molecule has 5 nitrogen and oxygen atoms in total. The van der Waals surface area contributed by atoms with Crippen LogP contribution in [-0.2, 0) is 13.0 Å². The number of pyridine rings is 1. The van der Waals surface area contributed by atoms with E-state index in [1.165, 1.54) is 11.1 Å². The van der Waals surface area contributed by atoms with Gasteiger partial charge in [-0.3, -0.25) is 4.98 Å². The van der Waals surface area contributed by atoms with Crippen molar-refractivity contribution in [3.05, 3.63) is 95.7 Å². The van der Waals surface area contributed by atoms with Crippen molar-refractivity contribution in [2.24, 2.45) is 0 Å². The summed E-state index contributed by atoms with van der Waals surface area (Å²) < 4.78 is 5.16. The number of phenols is 1. The Labute approximate surface area is 201 Å². The predicted octanol–water partition coefficient (Wildman–Crippen LogP) is 5.55. The van der Waals surface area contributed by atoms with Crippen LogP contribution in [0, 0.1) is 0 Å².